The Bertz CT molecular complexity index is 1010. The van der Waals surface area contributed by atoms with Crippen LogP contribution in [0.5, 0.6) is 0 Å². The van der Waals surface area contributed by atoms with E-state index in [4.69, 9.17) is 11.6 Å². The SMILES string of the molecule is O=C(CC1Sc2ccccc2NC1=O)Nc1ccc(Cl)c(C(=O)NC2CCCCC2)c1. The number of hydrogen-bond donors (Lipinski definition) is 3. The molecule has 2 aromatic rings. The molecule has 3 amide bonds. The molecule has 1 heterocycles. The molecule has 0 bridgehead atoms. The Morgan fingerprint density at radius 3 is 2.68 bits per heavy atom. The maximum absolute atomic E-state index is 12.7. The number of carbonyl (C=O) groups is 3. The van der Waals surface area contributed by atoms with Gasteiger partial charge in [0.05, 0.1) is 21.5 Å². The molecule has 2 aromatic carbocycles. The Labute approximate surface area is 190 Å². The minimum Gasteiger partial charge on any atom is -0.349 e. The molecule has 0 saturated heterocycles. The van der Waals surface area contributed by atoms with Crippen LogP contribution in [0, 0.1) is 0 Å². The van der Waals surface area contributed by atoms with Crippen molar-refractivity contribution < 1.29 is 14.4 Å². The van der Waals surface area contributed by atoms with E-state index in [0.29, 0.717) is 16.3 Å². The van der Waals surface area contributed by atoms with Gasteiger partial charge in [0, 0.05) is 23.0 Å². The summed E-state index contributed by atoms with van der Waals surface area (Å²) in [6.07, 6.45) is 5.42. The van der Waals surface area contributed by atoms with Crippen LogP contribution in [0.1, 0.15) is 48.9 Å². The number of rotatable bonds is 5. The number of halogens is 1. The molecule has 1 atom stereocenters. The Kier molecular flexibility index (Phi) is 6.83. The molecule has 6 nitrogen and oxygen atoms in total. The number of fused-ring (bicyclic) bond motifs is 1. The summed E-state index contributed by atoms with van der Waals surface area (Å²) < 4.78 is 0. The number of carbonyl (C=O) groups excluding carboxylic acids is 3. The number of amides is 3. The smallest absolute Gasteiger partial charge is 0.253 e. The van der Waals surface area contributed by atoms with Crippen molar-refractivity contribution >= 4 is 52.5 Å². The third-order valence-electron chi connectivity index (χ3n) is 5.51. The molecule has 8 heteroatoms. The van der Waals surface area contributed by atoms with Gasteiger partial charge in [-0.15, -0.1) is 11.8 Å². The van der Waals surface area contributed by atoms with Crippen LogP contribution in [0.2, 0.25) is 5.02 Å². The van der Waals surface area contributed by atoms with Crippen molar-refractivity contribution in [1.82, 2.24) is 5.32 Å². The third kappa shape index (κ3) is 5.40. The Morgan fingerprint density at radius 2 is 1.87 bits per heavy atom. The van der Waals surface area contributed by atoms with Gasteiger partial charge in [-0.1, -0.05) is 43.0 Å². The van der Waals surface area contributed by atoms with Gasteiger partial charge >= 0.3 is 0 Å². The van der Waals surface area contributed by atoms with Crippen LogP contribution >= 0.6 is 23.4 Å². The molecular formula is C23H24ClN3O3S. The summed E-state index contributed by atoms with van der Waals surface area (Å²) in [4.78, 5) is 38.5. The number of nitrogens with one attached hydrogen (secondary N) is 3. The van der Waals surface area contributed by atoms with Gasteiger partial charge < -0.3 is 16.0 Å². The molecule has 1 saturated carbocycles. The molecule has 1 fully saturated rings. The lowest BCUT2D eigenvalue weighted by molar-refractivity contribution is -0.120. The summed E-state index contributed by atoms with van der Waals surface area (Å²) in [5.74, 6) is -0.720. The average Bonchev–Trinajstić information content (AvgIpc) is 2.76. The summed E-state index contributed by atoms with van der Waals surface area (Å²) in [7, 11) is 0. The zero-order chi connectivity index (χ0) is 21.8. The second-order valence-corrected chi connectivity index (χ2v) is 9.50. The van der Waals surface area contributed by atoms with E-state index >= 15 is 0 Å². The van der Waals surface area contributed by atoms with E-state index in [0.717, 1.165) is 36.3 Å². The minimum absolute atomic E-state index is 0.0249. The lowest BCUT2D eigenvalue weighted by Gasteiger charge is -2.24. The first-order valence-corrected chi connectivity index (χ1v) is 11.7. The molecule has 162 valence electrons. The Balaban J connectivity index is 1.39. The first-order chi connectivity index (χ1) is 15.0. The van der Waals surface area contributed by atoms with Gasteiger partial charge in [-0.3, -0.25) is 14.4 Å². The summed E-state index contributed by atoms with van der Waals surface area (Å²) >= 11 is 7.61. The molecule has 2 aliphatic rings. The van der Waals surface area contributed by atoms with Gasteiger partial charge in [0.1, 0.15) is 0 Å². The van der Waals surface area contributed by atoms with Crippen molar-refractivity contribution in [2.24, 2.45) is 0 Å². The lowest BCUT2D eigenvalue weighted by Crippen LogP contribution is -2.36. The Hall–Kier alpha value is -2.51. The number of benzene rings is 2. The van der Waals surface area contributed by atoms with Gasteiger partial charge in [0.15, 0.2) is 0 Å². The summed E-state index contributed by atoms with van der Waals surface area (Å²) in [5, 5.41) is 8.49. The summed E-state index contributed by atoms with van der Waals surface area (Å²) in [6, 6.07) is 12.5. The van der Waals surface area contributed by atoms with Crippen molar-refractivity contribution in [3.63, 3.8) is 0 Å². The first kappa shape index (κ1) is 21.7. The van der Waals surface area contributed by atoms with E-state index in [-0.39, 0.29) is 30.2 Å². The van der Waals surface area contributed by atoms with Gasteiger partial charge in [0.2, 0.25) is 11.8 Å². The molecule has 1 unspecified atom stereocenters. The lowest BCUT2D eigenvalue weighted by atomic mass is 9.95. The van der Waals surface area contributed by atoms with E-state index < -0.39 is 5.25 Å². The van der Waals surface area contributed by atoms with Gasteiger partial charge in [-0.25, -0.2) is 0 Å². The molecule has 4 rings (SSSR count). The highest BCUT2D eigenvalue weighted by Gasteiger charge is 2.29. The number of para-hydroxylation sites is 1. The van der Waals surface area contributed by atoms with E-state index in [2.05, 4.69) is 16.0 Å². The standard InChI is InChI=1S/C23H24ClN3O3S/c24-17-11-10-15(12-16(17)22(29)26-14-6-2-1-3-7-14)25-21(28)13-20-23(30)27-18-8-4-5-9-19(18)31-20/h4-5,8-12,14,20H,1-3,6-7,13H2,(H,25,28)(H,26,29)(H,27,30). The number of anilines is 2. The molecule has 0 spiro atoms. The van der Waals surface area contributed by atoms with E-state index in [1.54, 1.807) is 18.2 Å². The predicted octanol–water partition coefficient (Wildman–Crippen LogP) is 4.84. The van der Waals surface area contributed by atoms with E-state index in [9.17, 15) is 14.4 Å². The van der Waals surface area contributed by atoms with Gasteiger partial charge in [-0.2, -0.15) is 0 Å². The highest BCUT2D eigenvalue weighted by molar-refractivity contribution is 8.01. The van der Waals surface area contributed by atoms with Crippen LogP contribution in [0.4, 0.5) is 11.4 Å². The minimum atomic E-state index is -0.517. The molecule has 1 aliphatic carbocycles. The van der Waals surface area contributed by atoms with E-state index in [1.165, 1.54) is 18.2 Å². The zero-order valence-corrected chi connectivity index (χ0v) is 18.5. The predicted molar refractivity (Wildman–Crippen MR) is 124 cm³/mol. The van der Waals surface area contributed by atoms with Crippen LogP contribution in [0.15, 0.2) is 47.4 Å². The van der Waals surface area contributed by atoms with Crippen LogP contribution in [0.25, 0.3) is 0 Å². The molecule has 0 radical (unpaired) electrons. The van der Waals surface area contributed by atoms with Crippen LogP contribution < -0.4 is 16.0 Å². The largest absolute Gasteiger partial charge is 0.349 e. The molecule has 1 aliphatic heterocycles. The van der Waals surface area contributed by atoms with Crippen LogP contribution in [0.3, 0.4) is 0 Å². The zero-order valence-electron chi connectivity index (χ0n) is 16.9. The second kappa shape index (κ2) is 9.75. The van der Waals surface area contributed by atoms with Crippen LogP contribution in [-0.2, 0) is 9.59 Å². The van der Waals surface area contributed by atoms with Crippen molar-refractivity contribution in [3.05, 3.63) is 53.1 Å². The normalized spacial score (nSPS) is 18.6. The quantitative estimate of drug-likeness (QED) is 0.599. The second-order valence-electron chi connectivity index (χ2n) is 7.85. The molecular weight excluding hydrogens is 434 g/mol. The number of thioether (sulfide) groups is 1. The summed E-state index contributed by atoms with van der Waals surface area (Å²) in [6.45, 7) is 0. The molecule has 0 aromatic heterocycles. The molecule has 3 N–H and O–H groups in total. The fourth-order valence-electron chi connectivity index (χ4n) is 3.89. The van der Waals surface area contributed by atoms with Crippen LogP contribution in [-0.4, -0.2) is 29.0 Å². The topological polar surface area (TPSA) is 87.3 Å². The highest BCUT2D eigenvalue weighted by atomic mass is 35.5. The van der Waals surface area contributed by atoms with E-state index in [1.807, 2.05) is 24.3 Å². The third-order valence-corrected chi connectivity index (χ3v) is 7.12. The Morgan fingerprint density at radius 1 is 1.10 bits per heavy atom. The van der Waals surface area contributed by atoms with Crippen molar-refractivity contribution in [2.75, 3.05) is 10.6 Å². The van der Waals surface area contributed by atoms with Crippen molar-refractivity contribution in [1.29, 1.82) is 0 Å². The monoisotopic (exact) mass is 457 g/mol. The highest BCUT2D eigenvalue weighted by Crippen LogP contribution is 2.36. The van der Waals surface area contributed by atoms with Crippen molar-refractivity contribution in [3.8, 4) is 0 Å². The maximum Gasteiger partial charge on any atom is 0.253 e. The first-order valence-electron chi connectivity index (χ1n) is 10.5. The number of hydrogen-bond acceptors (Lipinski definition) is 4. The summed E-state index contributed by atoms with van der Waals surface area (Å²) in [5.41, 5.74) is 1.58. The average molecular weight is 458 g/mol. The van der Waals surface area contributed by atoms with Crippen molar-refractivity contribution in [2.45, 2.75) is 54.7 Å². The maximum atomic E-state index is 12.7. The van der Waals surface area contributed by atoms with Gasteiger partial charge in [0.25, 0.3) is 5.91 Å². The fourth-order valence-corrected chi connectivity index (χ4v) is 5.21. The fraction of sp³-hybridized carbons (Fsp3) is 0.348. The van der Waals surface area contributed by atoms with Gasteiger partial charge in [-0.05, 0) is 43.2 Å². The molecule has 31 heavy (non-hydrogen) atoms.